The average Bonchev–Trinajstić information content (AvgIpc) is 2.86. The number of aryl methyl sites for hydroxylation is 1. The van der Waals surface area contributed by atoms with Gasteiger partial charge in [0.05, 0.1) is 10.9 Å². The molecule has 2 N–H and O–H groups in total. The largest absolute Gasteiger partial charge is 0.323 e. The Morgan fingerprint density at radius 2 is 2.20 bits per heavy atom. The molecule has 0 saturated carbocycles. The molecular formula is C11H16N2S2. The van der Waals surface area contributed by atoms with Crippen molar-refractivity contribution in [3.05, 3.63) is 15.6 Å². The Kier molecular flexibility index (Phi) is 2.75. The smallest absolute Gasteiger partial charge is 0.106 e. The van der Waals surface area contributed by atoms with Gasteiger partial charge in [-0.2, -0.15) is 11.8 Å². The summed E-state index contributed by atoms with van der Waals surface area (Å²) < 4.78 is 0. The number of aromatic nitrogens is 1. The van der Waals surface area contributed by atoms with Crippen molar-refractivity contribution in [2.24, 2.45) is 5.73 Å². The summed E-state index contributed by atoms with van der Waals surface area (Å²) in [7, 11) is 0. The first-order valence-corrected chi connectivity index (χ1v) is 7.58. The topological polar surface area (TPSA) is 38.9 Å². The van der Waals surface area contributed by atoms with E-state index in [1.54, 1.807) is 0 Å². The van der Waals surface area contributed by atoms with Gasteiger partial charge in [0.15, 0.2) is 0 Å². The van der Waals surface area contributed by atoms with Crippen LogP contribution in [0.3, 0.4) is 0 Å². The standard InChI is InChI=1S/C11H16N2S2/c12-7-3-1-4-8-10(7)13-11(15-8)9-5-2-6-14-9/h7,9H,1-6,12H2. The van der Waals surface area contributed by atoms with Crippen molar-refractivity contribution in [2.45, 2.75) is 43.4 Å². The molecule has 2 nitrogen and oxygen atoms in total. The Bertz CT molecular complexity index is 355. The van der Waals surface area contributed by atoms with E-state index in [4.69, 9.17) is 10.7 Å². The minimum atomic E-state index is 0.213. The number of thioether (sulfide) groups is 1. The van der Waals surface area contributed by atoms with Crippen molar-refractivity contribution >= 4 is 23.1 Å². The van der Waals surface area contributed by atoms with Crippen LogP contribution in [-0.4, -0.2) is 10.7 Å². The van der Waals surface area contributed by atoms with Crippen LogP contribution in [0.5, 0.6) is 0 Å². The highest BCUT2D eigenvalue weighted by atomic mass is 32.2. The van der Waals surface area contributed by atoms with Crippen LogP contribution < -0.4 is 5.73 Å². The molecule has 0 spiro atoms. The molecule has 4 heteroatoms. The summed E-state index contributed by atoms with van der Waals surface area (Å²) in [6, 6.07) is 0.213. The molecule has 0 radical (unpaired) electrons. The Morgan fingerprint density at radius 1 is 1.27 bits per heavy atom. The summed E-state index contributed by atoms with van der Waals surface area (Å²) in [5, 5.41) is 2.02. The molecule has 1 aromatic rings. The zero-order valence-electron chi connectivity index (χ0n) is 8.74. The molecule has 2 heterocycles. The van der Waals surface area contributed by atoms with Crippen molar-refractivity contribution in [3.63, 3.8) is 0 Å². The van der Waals surface area contributed by atoms with Crippen molar-refractivity contribution in [3.8, 4) is 0 Å². The maximum absolute atomic E-state index is 6.10. The lowest BCUT2D eigenvalue weighted by molar-refractivity contribution is 0.562. The molecule has 2 aliphatic rings. The van der Waals surface area contributed by atoms with Gasteiger partial charge < -0.3 is 5.73 Å². The van der Waals surface area contributed by atoms with Gasteiger partial charge in [0.25, 0.3) is 0 Å². The zero-order valence-corrected chi connectivity index (χ0v) is 10.4. The number of hydrogen-bond acceptors (Lipinski definition) is 4. The summed E-state index contributed by atoms with van der Waals surface area (Å²) in [5.74, 6) is 1.31. The molecule has 82 valence electrons. The maximum atomic E-state index is 6.10. The lowest BCUT2D eigenvalue weighted by Gasteiger charge is -2.15. The van der Waals surface area contributed by atoms with E-state index in [0.29, 0.717) is 5.25 Å². The van der Waals surface area contributed by atoms with Crippen LogP contribution in [-0.2, 0) is 6.42 Å². The predicted molar refractivity (Wildman–Crippen MR) is 66.4 cm³/mol. The van der Waals surface area contributed by atoms with E-state index in [-0.39, 0.29) is 6.04 Å². The van der Waals surface area contributed by atoms with E-state index in [1.807, 2.05) is 11.3 Å². The second kappa shape index (κ2) is 4.07. The first kappa shape index (κ1) is 10.1. The lowest BCUT2D eigenvalue weighted by Crippen LogP contribution is -2.16. The molecule has 2 unspecified atom stereocenters. The zero-order chi connectivity index (χ0) is 10.3. The van der Waals surface area contributed by atoms with Gasteiger partial charge in [-0.25, -0.2) is 4.98 Å². The summed E-state index contributed by atoms with van der Waals surface area (Å²) >= 11 is 3.99. The van der Waals surface area contributed by atoms with E-state index in [2.05, 4.69) is 11.8 Å². The van der Waals surface area contributed by atoms with Crippen LogP contribution in [0.25, 0.3) is 0 Å². The van der Waals surface area contributed by atoms with Crippen LogP contribution >= 0.6 is 23.1 Å². The molecule has 0 aromatic carbocycles. The normalized spacial score (nSPS) is 30.5. The van der Waals surface area contributed by atoms with Crippen LogP contribution in [0.15, 0.2) is 0 Å². The van der Waals surface area contributed by atoms with Crippen LogP contribution in [0.4, 0.5) is 0 Å². The fourth-order valence-corrected chi connectivity index (χ4v) is 5.07. The average molecular weight is 240 g/mol. The van der Waals surface area contributed by atoms with Crippen LogP contribution in [0.1, 0.15) is 52.6 Å². The Balaban J connectivity index is 1.90. The molecule has 1 aliphatic carbocycles. The minimum absolute atomic E-state index is 0.213. The van der Waals surface area contributed by atoms with Crippen molar-refractivity contribution in [1.82, 2.24) is 4.98 Å². The second-order valence-electron chi connectivity index (χ2n) is 4.36. The molecular weight excluding hydrogens is 224 g/mol. The number of hydrogen-bond donors (Lipinski definition) is 1. The Morgan fingerprint density at radius 3 is 2.93 bits per heavy atom. The molecule has 0 amide bonds. The summed E-state index contributed by atoms with van der Waals surface area (Å²) in [5.41, 5.74) is 7.31. The SMILES string of the molecule is NC1CCCc2sc(C3CCCS3)nc21. The fraction of sp³-hybridized carbons (Fsp3) is 0.727. The van der Waals surface area contributed by atoms with Gasteiger partial charge in [-0.1, -0.05) is 0 Å². The summed E-state index contributed by atoms with van der Waals surface area (Å²) in [6.45, 7) is 0. The number of nitrogens with two attached hydrogens (primary N) is 1. The molecule has 1 fully saturated rings. The molecule has 15 heavy (non-hydrogen) atoms. The van der Waals surface area contributed by atoms with E-state index in [9.17, 15) is 0 Å². The van der Waals surface area contributed by atoms with Gasteiger partial charge in [0, 0.05) is 10.9 Å². The predicted octanol–water partition coefficient (Wildman–Crippen LogP) is 3.05. The molecule has 0 bridgehead atoms. The van der Waals surface area contributed by atoms with Gasteiger partial charge in [0.2, 0.25) is 0 Å². The number of rotatable bonds is 1. The molecule has 3 rings (SSSR count). The van der Waals surface area contributed by atoms with Crippen molar-refractivity contribution in [1.29, 1.82) is 0 Å². The Labute approximate surface area is 98.7 Å². The van der Waals surface area contributed by atoms with E-state index in [0.717, 1.165) is 6.42 Å². The first-order chi connectivity index (χ1) is 7.34. The van der Waals surface area contributed by atoms with Crippen molar-refractivity contribution < 1.29 is 0 Å². The summed E-state index contributed by atoms with van der Waals surface area (Å²) in [6.07, 6.45) is 6.23. The molecule has 1 saturated heterocycles. The molecule has 1 aromatic heterocycles. The van der Waals surface area contributed by atoms with Gasteiger partial charge >= 0.3 is 0 Å². The first-order valence-electron chi connectivity index (χ1n) is 5.71. The third kappa shape index (κ3) is 1.83. The highest BCUT2D eigenvalue weighted by Gasteiger charge is 2.26. The minimum Gasteiger partial charge on any atom is -0.323 e. The molecule has 2 atom stereocenters. The Hall–Kier alpha value is -0.0600. The van der Waals surface area contributed by atoms with E-state index < -0.39 is 0 Å². The quantitative estimate of drug-likeness (QED) is 0.820. The maximum Gasteiger partial charge on any atom is 0.106 e. The van der Waals surface area contributed by atoms with Crippen molar-refractivity contribution in [2.75, 3.05) is 5.75 Å². The van der Waals surface area contributed by atoms with Gasteiger partial charge in [-0.3, -0.25) is 0 Å². The number of fused-ring (bicyclic) bond motifs is 1. The second-order valence-corrected chi connectivity index (χ2v) is 6.79. The fourth-order valence-electron chi connectivity index (χ4n) is 2.38. The highest BCUT2D eigenvalue weighted by molar-refractivity contribution is 7.99. The summed E-state index contributed by atoms with van der Waals surface area (Å²) in [4.78, 5) is 6.26. The van der Waals surface area contributed by atoms with E-state index in [1.165, 1.54) is 47.0 Å². The highest BCUT2D eigenvalue weighted by Crippen LogP contribution is 2.44. The lowest BCUT2D eigenvalue weighted by atomic mass is 9.99. The van der Waals surface area contributed by atoms with Crippen LogP contribution in [0.2, 0.25) is 0 Å². The monoisotopic (exact) mass is 240 g/mol. The van der Waals surface area contributed by atoms with E-state index >= 15 is 0 Å². The number of thiazole rings is 1. The third-order valence-electron chi connectivity index (χ3n) is 3.22. The van der Waals surface area contributed by atoms with Gasteiger partial charge in [-0.15, -0.1) is 11.3 Å². The third-order valence-corrected chi connectivity index (χ3v) is 6.00. The number of nitrogens with zero attached hydrogens (tertiary/aromatic N) is 1. The van der Waals surface area contributed by atoms with Crippen LogP contribution in [0, 0.1) is 0 Å². The van der Waals surface area contributed by atoms with Gasteiger partial charge in [0.1, 0.15) is 5.01 Å². The van der Waals surface area contributed by atoms with Gasteiger partial charge in [-0.05, 0) is 37.9 Å². The molecule has 1 aliphatic heterocycles.